The van der Waals surface area contributed by atoms with Crippen molar-refractivity contribution in [3.63, 3.8) is 0 Å². The minimum Gasteiger partial charge on any atom is -0.481 e. The molecule has 0 amide bonds. The third-order valence-electron chi connectivity index (χ3n) is 2.19. The predicted molar refractivity (Wildman–Crippen MR) is 54.8 cm³/mol. The maximum absolute atomic E-state index is 13.5. The second kappa shape index (κ2) is 4.32. The first-order chi connectivity index (χ1) is 8.08. The summed E-state index contributed by atoms with van der Waals surface area (Å²) < 4.78 is 27.4. The number of halogens is 2. The van der Waals surface area contributed by atoms with Gasteiger partial charge < -0.3 is 5.11 Å². The molecule has 0 spiro atoms. The van der Waals surface area contributed by atoms with Crippen molar-refractivity contribution in [3.8, 4) is 5.69 Å². The van der Waals surface area contributed by atoms with Crippen LogP contribution in [0.15, 0.2) is 30.5 Å². The SMILES string of the molecule is O=C(O)Cc1ccnn1-c1ccc(F)cc1F. The summed E-state index contributed by atoms with van der Waals surface area (Å²) in [6, 6.07) is 4.49. The number of aromatic nitrogens is 2. The van der Waals surface area contributed by atoms with Gasteiger partial charge in [0.25, 0.3) is 0 Å². The Kier molecular flexibility index (Phi) is 2.86. The lowest BCUT2D eigenvalue weighted by Crippen LogP contribution is -2.09. The molecule has 88 valence electrons. The van der Waals surface area contributed by atoms with Gasteiger partial charge in [-0.05, 0) is 18.2 Å². The summed E-state index contributed by atoms with van der Waals surface area (Å²) >= 11 is 0. The molecular formula is C11H8F2N2O2. The first-order valence-corrected chi connectivity index (χ1v) is 4.78. The first kappa shape index (κ1) is 11.3. The van der Waals surface area contributed by atoms with E-state index in [4.69, 9.17) is 5.11 Å². The van der Waals surface area contributed by atoms with Gasteiger partial charge in [-0.2, -0.15) is 5.10 Å². The van der Waals surface area contributed by atoms with Crippen LogP contribution >= 0.6 is 0 Å². The van der Waals surface area contributed by atoms with E-state index in [1.54, 1.807) is 0 Å². The van der Waals surface area contributed by atoms with Crippen molar-refractivity contribution in [2.45, 2.75) is 6.42 Å². The second-order valence-corrected chi connectivity index (χ2v) is 3.40. The van der Waals surface area contributed by atoms with Gasteiger partial charge in [-0.25, -0.2) is 13.5 Å². The summed E-state index contributed by atoms with van der Waals surface area (Å²) in [5, 5.41) is 12.5. The Labute approximate surface area is 95.1 Å². The fourth-order valence-corrected chi connectivity index (χ4v) is 1.49. The molecule has 4 nitrogen and oxygen atoms in total. The van der Waals surface area contributed by atoms with Crippen LogP contribution in [0.1, 0.15) is 5.69 Å². The molecule has 0 aliphatic rings. The molecule has 0 aliphatic heterocycles. The van der Waals surface area contributed by atoms with E-state index in [-0.39, 0.29) is 12.1 Å². The lowest BCUT2D eigenvalue weighted by molar-refractivity contribution is -0.136. The Morgan fingerprint density at radius 2 is 2.12 bits per heavy atom. The number of hydrogen-bond acceptors (Lipinski definition) is 2. The molecular weight excluding hydrogens is 230 g/mol. The molecule has 0 atom stereocenters. The highest BCUT2D eigenvalue weighted by Gasteiger charge is 2.12. The van der Waals surface area contributed by atoms with Crippen molar-refractivity contribution in [1.82, 2.24) is 9.78 Å². The highest BCUT2D eigenvalue weighted by molar-refractivity contribution is 5.69. The number of aliphatic carboxylic acids is 1. The Balaban J connectivity index is 2.46. The van der Waals surface area contributed by atoms with Gasteiger partial charge in [0.15, 0.2) is 5.82 Å². The Bertz CT molecular complexity index is 566. The molecule has 0 saturated heterocycles. The van der Waals surface area contributed by atoms with Gasteiger partial charge in [-0.1, -0.05) is 0 Å². The average Bonchev–Trinajstić information content (AvgIpc) is 2.65. The standard InChI is InChI=1S/C11H8F2N2O2/c12-7-1-2-10(9(13)5-7)15-8(3-4-14-15)6-11(16)17/h1-5H,6H2,(H,16,17). The van der Waals surface area contributed by atoms with Crippen LogP contribution in [0.3, 0.4) is 0 Å². The van der Waals surface area contributed by atoms with Crippen molar-refractivity contribution < 1.29 is 18.7 Å². The molecule has 17 heavy (non-hydrogen) atoms. The smallest absolute Gasteiger partial charge is 0.309 e. The Hall–Kier alpha value is -2.24. The van der Waals surface area contributed by atoms with Gasteiger partial charge in [-0.3, -0.25) is 4.79 Å². The van der Waals surface area contributed by atoms with Gasteiger partial charge in [0.2, 0.25) is 0 Å². The van der Waals surface area contributed by atoms with Gasteiger partial charge in [0, 0.05) is 12.3 Å². The molecule has 0 bridgehead atoms. The number of carboxylic acids is 1. The lowest BCUT2D eigenvalue weighted by Gasteiger charge is -2.06. The fraction of sp³-hybridized carbons (Fsp3) is 0.0909. The van der Waals surface area contributed by atoms with E-state index in [1.807, 2.05) is 0 Å². The molecule has 0 aliphatic carbocycles. The van der Waals surface area contributed by atoms with E-state index in [2.05, 4.69) is 5.10 Å². The van der Waals surface area contributed by atoms with E-state index in [0.29, 0.717) is 5.69 Å². The number of carboxylic acid groups (broad SMARTS) is 1. The van der Waals surface area contributed by atoms with Crippen molar-refractivity contribution in [2.24, 2.45) is 0 Å². The summed E-state index contributed by atoms with van der Waals surface area (Å²) in [4.78, 5) is 10.6. The van der Waals surface area contributed by atoms with Crippen LogP contribution < -0.4 is 0 Å². The maximum atomic E-state index is 13.5. The molecule has 6 heteroatoms. The normalized spacial score (nSPS) is 10.5. The van der Waals surface area contributed by atoms with Crippen LogP contribution in [0.4, 0.5) is 8.78 Å². The van der Waals surface area contributed by atoms with E-state index in [9.17, 15) is 13.6 Å². The fourth-order valence-electron chi connectivity index (χ4n) is 1.49. The number of carbonyl (C=O) groups is 1. The highest BCUT2D eigenvalue weighted by Crippen LogP contribution is 2.16. The van der Waals surface area contributed by atoms with Crippen molar-refractivity contribution in [2.75, 3.05) is 0 Å². The minimum absolute atomic E-state index is 0.0210. The summed E-state index contributed by atoms with van der Waals surface area (Å²) in [6.45, 7) is 0. The van der Waals surface area contributed by atoms with Gasteiger partial charge in [0.1, 0.15) is 11.5 Å². The van der Waals surface area contributed by atoms with Crippen molar-refractivity contribution >= 4 is 5.97 Å². The molecule has 1 aromatic carbocycles. The molecule has 2 aromatic rings. The molecule has 2 rings (SSSR count). The first-order valence-electron chi connectivity index (χ1n) is 4.78. The van der Waals surface area contributed by atoms with Crippen LogP contribution in [0, 0.1) is 11.6 Å². The van der Waals surface area contributed by atoms with Crippen LogP contribution in [0.5, 0.6) is 0 Å². The van der Waals surface area contributed by atoms with Gasteiger partial charge in [0.05, 0.1) is 12.1 Å². The minimum atomic E-state index is -1.05. The quantitative estimate of drug-likeness (QED) is 0.886. The molecule has 0 unspecified atom stereocenters. The zero-order valence-corrected chi connectivity index (χ0v) is 8.60. The lowest BCUT2D eigenvalue weighted by atomic mass is 10.2. The topological polar surface area (TPSA) is 55.1 Å². The number of nitrogens with zero attached hydrogens (tertiary/aromatic N) is 2. The third kappa shape index (κ3) is 2.30. The van der Waals surface area contributed by atoms with E-state index < -0.39 is 17.6 Å². The van der Waals surface area contributed by atoms with Crippen LogP contribution in [0.25, 0.3) is 5.69 Å². The number of benzene rings is 1. The number of rotatable bonds is 3. The van der Waals surface area contributed by atoms with Crippen LogP contribution in [0.2, 0.25) is 0 Å². The Morgan fingerprint density at radius 1 is 1.35 bits per heavy atom. The Morgan fingerprint density at radius 3 is 2.76 bits per heavy atom. The van der Waals surface area contributed by atoms with Gasteiger partial charge >= 0.3 is 5.97 Å². The average molecular weight is 238 g/mol. The van der Waals surface area contributed by atoms with E-state index in [0.717, 1.165) is 16.8 Å². The monoisotopic (exact) mass is 238 g/mol. The zero-order chi connectivity index (χ0) is 12.4. The van der Waals surface area contributed by atoms with Crippen molar-refractivity contribution in [3.05, 3.63) is 47.8 Å². The number of hydrogen-bond donors (Lipinski definition) is 1. The second-order valence-electron chi connectivity index (χ2n) is 3.40. The van der Waals surface area contributed by atoms with Crippen LogP contribution in [-0.2, 0) is 11.2 Å². The molecule has 0 radical (unpaired) electrons. The molecule has 1 aromatic heterocycles. The zero-order valence-electron chi connectivity index (χ0n) is 8.60. The summed E-state index contributed by atoms with van der Waals surface area (Å²) in [5.74, 6) is -2.53. The highest BCUT2D eigenvalue weighted by atomic mass is 19.1. The third-order valence-corrected chi connectivity index (χ3v) is 2.19. The maximum Gasteiger partial charge on any atom is 0.309 e. The van der Waals surface area contributed by atoms with Crippen LogP contribution in [-0.4, -0.2) is 20.9 Å². The molecule has 0 fully saturated rings. The summed E-state index contributed by atoms with van der Waals surface area (Å²) in [5.41, 5.74) is 0.343. The molecule has 0 saturated carbocycles. The molecule has 1 N–H and O–H groups in total. The van der Waals surface area contributed by atoms with E-state index >= 15 is 0 Å². The van der Waals surface area contributed by atoms with Gasteiger partial charge in [-0.15, -0.1) is 0 Å². The largest absolute Gasteiger partial charge is 0.481 e. The van der Waals surface area contributed by atoms with E-state index in [1.165, 1.54) is 18.3 Å². The summed E-state index contributed by atoms with van der Waals surface area (Å²) in [6.07, 6.45) is 1.08. The van der Waals surface area contributed by atoms with Crippen molar-refractivity contribution in [1.29, 1.82) is 0 Å². The predicted octanol–water partition coefficient (Wildman–Crippen LogP) is 1.78. The summed E-state index contributed by atoms with van der Waals surface area (Å²) in [7, 11) is 0. The molecule has 1 heterocycles.